The fourth-order valence-electron chi connectivity index (χ4n) is 3.34. The first kappa shape index (κ1) is 17.2. The standard InChI is InChI=1S/C17H24N2O5/c1-22-14-6-4-13(5-7-14)11-19-12-17(10-15(19)16(20)18-21)23-8-2-3-9-24-17/h4-7,15,21H,2-3,8-12H2,1H3,(H,18,20)/t15-/m1/s1. The highest BCUT2D eigenvalue weighted by Gasteiger charge is 2.49. The third-order valence-corrected chi connectivity index (χ3v) is 4.62. The fourth-order valence-corrected chi connectivity index (χ4v) is 3.34. The highest BCUT2D eigenvalue weighted by atomic mass is 16.7. The second-order valence-electron chi connectivity index (χ2n) is 6.26. The van der Waals surface area contributed by atoms with Gasteiger partial charge in [-0.1, -0.05) is 12.1 Å². The van der Waals surface area contributed by atoms with Crippen molar-refractivity contribution in [2.75, 3.05) is 26.9 Å². The smallest absolute Gasteiger partial charge is 0.260 e. The van der Waals surface area contributed by atoms with Gasteiger partial charge < -0.3 is 14.2 Å². The van der Waals surface area contributed by atoms with E-state index in [9.17, 15) is 4.79 Å². The van der Waals surface area contributed by atoms with E-state index >= 15 is 0 Å². The molecule has 1 aromatic rings. The number of carbonyl (C=O) groups excluding carboxylic acids is 1. The van der Waals surface area contributed by atoms with Gasteiger partial charge in [-0.05, 0) is 30.5 Å². The summed E-state index contributed by atoms with van der Waals surface area (Å²) < 4.78 is 17.0. The van der Waals surface area contributed by atoms with E-state index in [1.807, 2.05) is 29.2 Å². The predicted molar refractivity (Wildman–Crippen MR) is 85.6 cm³/mol. The van der Waals surface area contributed by atoms with Crippen LogP contribution in [0.25, 0.3) is 0 Å². The van der Waals surface area contributed by atoms with Crippen LogP contribution in [0.1, 0.15) is 24.8 Å². The molecule has 7 heteroatoms. The zero-order valence-corrected chi connectivity index (χ0v) is 13.9. The summed E-state index contributed by atoms with van der Waals surface area (Å²) in [5.41, 5.74) is 2.82. The lowest BCUT2D eigenvalue weighted by Gasteiger charge is -2.27. The van der Waals surface area contributed by atoms with Crippen LogP contribution in [0, 0.1) is 0 Å². The molecule has 0 radical (unpaired) electrons. The summed E-state index contributed by atoms with van der Waals surface area (Å²) in [4.78, 5) is 14.1. The molecule has 1 amide bonds. The van der Waals surface area contributed by atoms with Crippen LogP contribution >= 0.6 is 0 Å². The number of hydrogen-bond acceptors (Lipinski definition) is 6. The van der Waals surface area contributed by atoms with Crippen molar-refractivity contribution in [1.29, 1.82) is 0 Å². The number of benzene rings is 1. The predicted octanol–water partition coefficient (Wildman–Crippen LogP) is 1.30. The highest BCUT2D eigenvalue weighted by Crippen LogP contribution is 2.35. The molecule has 7 nitrogen and oxygen atoms in total. The summed E-state index contributed by atoms with van der Waals surface area (Å²) >= 11 is 0. The summed E-state index contributed by atoms with van der Waals surface area (Å²) in [6, 6.07) is 7.22. The molecular weight excluding hydrogens is 312 g/mol. The molecular formula is C17H24N2O5. The fraction of sp³-hybridized carbons (Fsp3) is 0.588. The summed E-state index contributed by atoms with van der Waals surface area (Å²) in [7, 11) is 1.63. The van der Waals surface area contributed by atoms with Crippen LogP contribution < -0.4 is 10.2 Å². The average Bonchev–Trinajstić information content (AvgIpc) is 2.80. The van der Waals surface area contributed by atoms with Crippen molar-refractivity contribution < 1.29 is 24.2 Å². The maximum absolute atomic E-state index is 12.1. The first-order chi connectivity index (χ1) is 11.7. The van der Waals surface area contributed by atoms with Gasteiger partial charge in [0.25, 0.3) is 5.91 Å². The molecule has 0 aliphatic carbocycles. The van der Waals surface area contributed by atoms with Crippen molar-refractivity contribution >= 4 is 5.91 Å². The van der Waals surface area contributed by atoms with Crippen molar-refractivity contribution in [3.05, 3.63) is 29.8 Å². The summed E-state index contributed by atoms with van der Waals surface area (Å²) in [6.45, 7) is 2.32. The van der Waals surface area contributed by atoms with E-state index in [1.54, 1.807) is 12.6 Å². The minimum Gasteiger partial charge on any atom is -0.497 e. The van der Waals surface area contributed by atoms with Crippen LogP contribution in [0.5, 0.6) is 5.75 Å². The Bertz CT molecular complexity index is 555. The first-order valence-corrected chi connectivity index (χ1v) is 8.25. The quantitative estimate of drug-likeness (QED) is 0.637. The molecule has 1 aromatic carbocycles. The van der Waals surface area contributed by atoms with Crippen molar-refractivity contribution in [1.82, 2.24) is 10.4 Å². The monoisotopic (exact) mass is 336 g/mol. The molecule has 3 rings (SSSR count). The van der Waals surface area contributed by atoms with Gasteiger partial charge in [-0.2, -0.15) is 0 Å². The number of nitrogens with one attached hydrogen (secondary N) is 1. The van der Waals surface area contributed by atoms with Crippen molar-refractivity contribution in [2.24, 2.45) is 0 Å². The number of likely N-dealkylation sites (tertiary alicyclic amines) is 1. The zero-order chi connectivity index (χ0) is 17.0. The molecule has 2 aliphatic heterocycles. The number of methoxy groups -OCH3 is 1. The van der Waals surface area contributed by atoms with E-state index in [0.29, 0.717) is 32.7 Å². The molecule has 0 unspecified atom stereocenters. The zero-order valence-electron chi connectivity index (χ0n) is 13.9. The Morgan fingerprint density at radius 1 is 1.33 bits per heavy atom. The molecule has 0 bridgehead atoms. The van der Waals surface area contributed by atoms with E-state index in [2.05, 4.69) is 0 Å². The van der Waals surface area contributed by atoms with Gasteiger partial charge in [0.2, 0.25) is 0 Å². The molecule has 2 saturated heterocycles. The molecule has 0 saturated carbocycles. The van der Waals surface area contributed by atoms with Gasteiger partial charge in [-0.3, -0.25) is 14.9 Å². The van der Waals surface area contributed by atoms with Gasteiger partial charge in [-0.15, -0.1) is 0 Å². The largest absolute Gasteiger partial charge is 0.497 e. The Morgan fingerprint density at radius 3 is 2.58 bits per heavy atom. The summed E-state index contributed by atoms with van der Waals surface area (Å²) in [5.74, 6) is -0.409. The van der Waals surface area contributed by atoms with Crippen molar-refractivity contribution in [2.45, 2.75) is 37.6 Å². The van der Waals surface area contributed by atoms with Gasteiger partial charge in [0.1, 0.15) is 5.75 Å². The Hall–Kier alpha value is -1.67. The lowest BCUT2D eigenvalue weighted by Crippen LogP contribution is -2.41. The van der Waals surface area contributed by atoms with E-state index in [1.165, 1.54) is 0 Å². The van der Waals surface area contributed by atoms with Crippen LogP contribution in [0.3, 0.4) is 0 Å². The van der Waals surface area contributed by atoms with E-state index in [-0.39, 0.29) is 0 Å². The third-order valence-electron chi connectivity index (χ3n) is 4.62. The second-order valence-corrected chi connectivity index (χ2v) is 6.26. The number of amides is 1. The molecule has 24 heavy (non-hydrogen) atoms. The van der Waals surface area contributed by atoms with E-state index in [4.69, 9.17) is 19.4 Å². The molecule has 2 fully saturated rings. The minimum atomic E-state index is -0.764. The number of hydroxylamine groups is 1. The minimum absolute atomic E-state index is 0.412. The molecule has 2 N–H and O–H groups in total. The number of rotatable bonds is 4. The number of nitrogens with zero attached hydrogens (tertiary/aromatic N) is 1. The lowest BCUT2D eigenvalue weighted by molar-refractivity contribution is -0.215. The Morgan fingerprint density at radius 2 is 2.00 bits per heavy atom. The number of ether oxygens (including phenoxy) is 3. The van der Waals surface area contributed by atoms with Gasteiger partial charge >= 0.3 is 0 Å². The van der Waals surface area contributed by atoms with E-state index < -0.39 is 17.7 Å². The van der Waals surface area contributed by atoms with Gasteiger partial charge in [-0.25, -0.2) is 5.48 Å². The van der Waals surface area contributed by atoms with Crippen LogP contribution in [0.2, 0.25) is 0 Å². The Labute approximate surface area is 141 Å². The summed E-state index contributed by atoms with van der Waals surface area (Å²) in [5, 5.41) is 9.07. The van der Waals surface area contributed by atoms with Crippen molar-refractivity contribution in [3.8, 4) is 5.75 Å². The Kier molecular flexibility index (Phi) is 5.35. The number of hydrogen-bond donors (Lipinski definition) is 2. The van der Waals surface area contributed by atoms with Crippen LogP contribution in [0.15, 0.2) is 24.3 Å². The SMILES string of the molecule is COc1ccc(CN2CC3(C[C@@H]2C(=O)NO)OCCCCO3)cc1. The topological polar surface area (TPSA) is 80.3 Å². The molecule has 132 valence electrons. The molecule has 1 atom stereocenters. The second kappa shape index (κ2) is 7.48. The molecule has 1 spiro atoms. The number of carbonyl (C=O) groups is 1. The highest BCUT2D eigenvalue weighted by molar-refractivity contribution is 5.81. The van der Waals surface area contributed by atoms with Gasteiger partial charge in [0, 0.05) is 13.0 Å². The van der Waals surface area contributed by atoms with E-state index in [0.717, 1.165) is 24.2 Å². The van der Waals surface area contributed by atoms with Crippen LogP contribution in [-0.4, -0.2) is 54.7 Å². The van der Waals surface area contributed by atoms with Crippen LogP contribution in [-0.2, 0) is 20.8 Å². The van der Waals surface area contributed by atoms with Crippen molar-refractivity contribution in [3.63, 3.8) is 0 Å². The molecule has 0 aromatic heterocycles. The normalized spacial score (nSPS) is 23.8. The summed E-state index contributed by atoms with van der Waals surface area (Å²) in [6.07, 6.45) is 2.32. The van der Waals surface area contributed by atoms with Gasteiger partial charge in [0.15, 0.2) is 5.79 Å². The van der Waals surface area contributed by atoms with Crippen LogP contribution in [0.4, 0.5) is 0 Å². The lowest BCUT2D eigenvalue weighted by atomic mass is 10.1. The maximum atomic E-state index is 12.1. The Balaban J connectivity index is 1.76. The first-order valence-electron chi connectivity index (χ1n) is 8.25. The average molecular weight is 336 g/mol. The van der Waals surface area contributed by atoms with Gasteiger partial charge in [0.05, 0.1) is 32.9 Å². The molecule has 2 heterocycles. The maximum Gasteiger partial charge on any atom is 0.260 e. The molecule has 2 aliphatic rings. The third kappa shape index (κ3) is 3.70.